The summed E-state index contributed by atoms with van der Waals surface area (Å²) in [6.45, 7) is 4.80. The van der Waals surface area contributed by atoms with Crippen molar-refractivity contribution in [2.45, 2.75) is 63.6 Å². The maximum Gasteiger partial charge on any atom is 0.126 e. The largest absolute Gasteiger partial charge is 0.383 e. The summed E-state index contributed by atoms with van der Waals surface area (Å²) in [7, 11) is 1.75. The first-order valence-corrected chi connectivity index (χ1v) is 13.4. The van der Waals surface area contributed by atoms with Crippen molar-refractivity contribution >= 4 is 23.1 Å². The summed E-state index contributed by atoms with van der Waals surface area (Å²) in [4.78, 5) is 4.55. The fourth-order valence-electron chi connectivity index (χ4n) is 5.21. The Labute approximate surface area is 219 Å². The smallest absolute Gasteiger partial charge is 0.126 e. The lowest BCUT2D eigenvalue weighted by atomic mass is 9.81. The van der Waals surface area contributed by atoms with Gasteiger partial charge in [0.1, 0.15) is 5.82 Å². The van der Waals surface area contributed by atoms with Gasteiger partial charge in [0.25, 0.3) is 0 Å². The number of halogens is 1. The first-order chi connectivity index (χ1) is 17.5. The zero-order valence-corrected chi connectivity index (χ0v) is 22.1. The molecule has 0 spiro atoms. The van der Waals surface area contributed by atoms with E-state index in [9.17, 15) is 5.26 Å². The molecule has 1 atom stereocenters. The number of nitrogens with one attached hydrogen (secondary N) is 3. The van der Waals surface area contributed by atoms with Gasteiger partial charge in [0.15, 0.2) is 0 Å². The summed E-state index contributed by atoms with van der Waals surface area (Å²) in [6.07, 6.45) is 7.71. The summed E-state index contributed by atoms with van der Waals surface area (Å²) in [6, 6.07) is 14.1. The Morgan fingerprint density at radius 3 is 2.67 bits per heavy atom. The van der Waals surface area contributed by atoms with Crippen LogP contribution >= 0.6 is 11.6 Å². The maximum atomic E-state index is 9.74. The molecule has 1 aliphatic carbocycles. The number of aromatic nitrogens is 1. The van der Waals surface area contributed by atoms with E-state index in [-0.39, 0.29) is 5.41 Å². The Hall–Kier alpha value is -2.37. The maximum absolute atomic E-state index is 9.74. The van der Waals surface area contributed by atoms with Gasteiger partial charge in [-0.05, 0) is 69.2 Å². The SMILES string of the molecule is COC[C@@H](C)NC1CCC(Nc2cc(-c3cccc(NCC4(C#N)CCOCC4)c3)c(Cl)cn2)CC1. The molecule has 2 heterocycles. The number of nitriles is 1. The predicted octanol–water partition coefficient (Wildman–Crippen LogP) is 5.48. The molecule has 7 nitrogen and oxygen atoms in total. The van der Waals surface area contributed by atoms with Crippen molar-refractivity contribution < 1.29 is 9.47 Å². The average Bonchev–Trinajstić information content (AvgIpc) is 2.90. The molecule has 1 aromatic heterocycles. The number of anilines is 2. The molecule has 2 aromatic rings. The molecule has 1 aromatic carbocycles. The van der Waals surface area contributed by atoms with Crippen molar-refractivity contribution in [1.29, 1.82) is 5.26 Å². The van der Waals surface area contributed by atoms with Gasteiger partial charge in [0.05, 0.1) is 23.1 Å². The van der Waals surface area contributed by atoms with E-state index in [1.165, 1.54) is 0 Å². The van der Waals surface area contributed by atoms with Gasteiger partial charge in [-0.2, -0.15) is 5.26 Å². The Morgan fingerprint density at radius 1 is 1.19 bits per heavy atom. The van der Waals surface area contributed by atoms with Crippen molar-refractivity contribution in [2.24, 2.45) is 5.41 Å². The molecule has 0 unspecified atom stereocenters. The summed E-state index contributed by atoms with van der Waals surface area (Å²) < 4.78 is 10.7. The fraction of sp³-hybridized carbons (Fsp3) is 0.571. The minimum Gasteiger partial charge on any atom is -0.383 e. The van der Waals surface area contributed by atoms with Crippen LogP contribution in [0, 0.1) is 16.7 Å². The normalized spacial score (nSPS) is 22.4. The molecule has 0 radical (unpaired) electrons. The highest BCUT2D eigenvalue weighted by Gasteiger charge is 2.32. The highest BCUT2D eigenvalue weighted by molar-refractivity contribution is 6.33. The third-order valence-electron chi connectivity index (χ3n) is 7.36. The Kier molecular flexibility index (Phi) is 9.44. The number of nitrogens with zero attached hydrogens (tertiary/aromatic N) is 2. The third kappa shape index (κ3) is 7.10. The summed E-state index contributed by atoms with van der Waals surface area (Å²) in [5, 5.41) is 21.1. The lowest BCUT2D eigenvalue weighted by Crippen LogP contribution is -2.42. The number of hydrogen-bond acceptors (Lipinski definition) is 7. The van der Waals surface area contributed by atoms with E-state index in [4.69, 9.17) is 21.1 Å². The number of benzene rings is 1. The minimum atomic E-state index is -0.379. The Bertz CT molecular complexity index is 1030. The molecule has 0 amide bonds. The van der Waals surface area contributed by atoms with E-state index in [0.717, 1.165) is 67.8 Å². The van der Waals surface area contributed by atoms with Crippen LogP contribution in [0.25, 0.3) is 11.1 Å². The molecular weight excluding hydrogens is 474 g/mol. The van der Waals surface area contributed by atoms with Crippen LogP contribution in [0.1, 0.15) is 45.4 Å². The standard InChI is InChI=1S/C28H38ClN5O2/c1-20(17-35-2)33-22-6-8-23(9-7-22)34-27-15-25(26(29)16-31-27)21-4-3-5-24(14-21)32-19-28(18-30)10-12-36-13-11-28/h3-5,14-16,20,22-23,32-33H,6-13,17,19H2,1-2H3,(H,31,34)/t20-,22?,23?/m1/s1. The highest BCUT2D eigenvalue weighted by Crippen LogP contribution is 2.33. The predicted molar refractivity (Wildman–Crippen MR) is 145 cm³/mol. The monoisotopic (exact) mass is 511 g/mol. The first kappa shape index (κ1) is 26.7. The van der Waals surface area contributed by atoms with Crippen LogP contribution in [0.3, 0.4) is 0 Å². The van der Waals surface area contributed by atoms with Crippen molar-refractivity contribution in [3.05, 3.63) is 41.6 Å². The zero-order valence-electron chi connectivity index (χ0n) is 21.4. The molecule has 8 heteroatoms. The van der Waals surface area contributed by atoms with Crippen LogP contribution in [0.15, 0.2) is 36.5 Å². The second-order valence-corrected chi connectivity index (χ2v) is 10.6. The van der Waals surface area contributed by atoms with Crippen molar-refractivity contribution in [2.75, 3.05) is 44.1 Å². The van der Waals surface area contributed by atoms with Gasteiger partial charge in [0.2, 0.25) is 0 Å². The topological polar surface area (TPSA) is 91.2 Å². The molecular formula is C28H38ClN5O2. The molecule has 2 aliphatic rings. The summed E-state index contributed by atoms with van der Waals surface area (Å²) in [5.74, 6) is 0.850. The summed E-state index contributed by atoms with van der Waals surface area (Å²) in [5.41, 5.74) is 2.57. The van der Waals surface area contributed by atoms with Gasteiger partial charge in [0, 0.05) is 62.4 Å². The van der Waals surface area contributed by atoms with Gasteiger partial charge in [-0.25, -0.2) is 4.98 Å². The minimum absolute atomic E-state index is 0.373. The molecule has 194 valence electrons. The van der Waals surface area contributed by atoms with Crippen LogP contribution in [0.5, 0.6) is 0 Å². The van der Waals surface area contributed by atoms with Crippen LogP contribution in [-0.4, -0.2) is 56.6 Å². The number of rotatable bonds is 10. The van der Waals surface area contributed by atoms with E-state index >= 15 is 0 Å². The molecule has 36 heavy (non-hydrogen) atoms. The molecule has 1 aliphatic heterocycles. The Morgan fingerprint density at radius 2 is 1.94 bits per heavy atom. The van der Waals surface area contributed by atoms with Gasteiger partial charge >= 0.3 is 0 Å². The van der Waals surface area contributed by atoms with Crippen molar-refractivity contribution in [3.8, 4) is 17.2 Å². The first-order valence-electron chi connectivity index (χ1n) is 13.0. The van der Waals surface area contributed by atoms with Gasteiger partial charge < -0.3 is 25.4 Å². The van der Waals surface area contributed by atoms with Crippen LogP contribution in [0.2, 0.25) is 5.02 Å². The molecule has 1 saturated carbocycles. The molecule has 3 N–H and O–H groups in total. The van der Waals surface area contributed by atoms with Crippen LogP contribution in [0.4, 0.5) is 11.5 Å². The van der Waals surface area contributed by atoms with E-state index in [2.05, 4.69) is 46.1 Å². The van der Waals surface area contributed by atoms with E-state index in [0.29, 0.717) is 42.9 Å². The van der Waals surface area contributed by atoms with Gasteiger partial charge in [-0.3, -0.25) is 0 Å². The number of ether oxygens (including phenoxy) is 2. The third-order valence-corrected chi connectivity index (χ3v) is 7.66. The number of methoxy groups -OCH3 is 1. The van der Waals surface area contributed by atoms with Gasteiger partial charge in [-0.1, -0.05) is 23.7 Å². The fourth-order valence-corrected chi connectivity index (χ4v) is 5.42. The van der Waals surface area contributed by atoms with Crippen LogP contribution < -0.4 is 16.0 Å². The summed E-state index contributed by atoms with van der Waals surface area (Å²) >= 11 is 6.58. The molecule has 0 bridgehead atoms. The van der Waals surface area contributed by atoms with Crippen molar-refractivity contribution in [1.82, 2.24) is 10.3 Å². The van der Waals surface area contributed by atoms with Gasteiger partial charge in [-0.15, -0.1) is 0 Å². The molecule has 2 fully saturated rings. The van der Waals surface area contributed by atoms with Crippen molar-refractivity contribution in [3.63, 3.8) is 0 Å². The Balaban J connectivity index is 1.37. The average molecular weight is 512 g/mol. The van der Waals surface area contributed by atoms with Crippen LogP contribution in [-0.2, 0) is 9.47 Å². The quantitative estimate of drug-likeness (QED) is 0.389. The number of hydrogen-bond donors (Lipinski definition) is 3. The number of pyridine rings is 1. The second-order valence-electron chi connectivity index (χ2n) is 10.2. The lowest BCUT2D eigenvalue weighted by molar-refractivity contribution is 0.0456. The van der Waals surface area contributed by atoms with E-state index in [1.54, 1.807) is 13.3 Å². The highest BCUT2D eigenvalue weighted by atomic mass is 35.5. The lowest BCUT2D eigenvalue weighted by Gasteiger charge is -2.32. The second kappa shape index (κ2) is 12.7. The van der Waals surface area contributed by atoms with E-state index in [1.807, 2.05) is 18.2 Å². The van der Waals surface area contributed by atoms with E-state index < -0.39 is 0 Å². The molecule has 4 rings (SSSR count). The zero-order chi connectivity index (χ0) is 25.4. The molecule has 1 saturated heterocycles.